The molecule has 3 heterocycles. The lowest BCUT2D eigenvalue weighted by Gasteiger charge is -2.23. The zero-order chi connectivity index (χ0) is 19.3. The van der Waals surface area contributed by atoms with Gasteiger partial charge in [-0.25, -0.2) is 4.79 Å². The van der Waals surface area contributed by atoms with E-state index in [1.54, 1.807) is 26.0 Å². The molecule has 2 fully saturated rings. The first-order chi connectivity index (χ1) is 12.8. The zero-order valence-electron chi connectivity index (χ0n) is 15.7. The van der Waals surface area contributed by atoms with E-state index in [2.05, 4.69) is 5.32 Å². The van der Waals surface area contributed by atoms with Gasteiger partial charge >= 0.3 is 5.63 Å². The van der Waals surface area contributed by atoms with E-state index < -0.39 is 6.10 Å². The molecule has 7 heteroatoms. The van der Waals surface area contributed by atoms with Crippen molar-refractivity contribution in [2.45, 2.75) is 26.9 Å². The number of likely N-dealkylation sites (tertiary alicyclic amines) is 1. The number of amides is 1. The molecule has 2 saturated heterocycles. The Morgan fingerprint density at radius 1 is 1.26 bits per heavy atom. The summed E-state index contributed by atoms with van der Waals surface area (Å²) in [6.07, 6.45) is -0.662. The number of benzene rings is 1. The van der Waals surface area contributed by atoms with Gasteiger partial charge in [-0.1, -0.05) is 11.6 Å². The summed E-state index contributed by atoms with van der Waals surface area (Å²) in [4.78, 5) is 26.6. The van der Waals surface area contributed by atoms with Crippen LogP contribution in [0.25, 0.3) is 11.0 Å². The molecule has 1 aromatic carbocycles. The quantitative estimate of drug-likeness (QED) is 0.815. The minimum atomic E-state index is -0.662. The Hall–Kier alpha value is -2.05. The molecule has 3 atom stereocenters. The molecule has 27 heavy (non-hydrogen) atoms. The highest BCUT2D eigenvalue weighted by molar-refractivity contribution is 6.32. The summed E-state index contributed by atoms with van der Waals surface area (Å²) in [6.45, 7) is 8.78. The van der Waals surface area contributed by atoms with Crippen molar-refractivity contribution in [3.05, 3.63) is 38.7 Å². The molecule has 4 rings (SSSR count). The number of fused-ring (bicyclic) bond motifs is 2. The van der Waals surface area contributed by atoms with Crippen LogP contribution in [-0.4, -0.2) is 43.1 Å². The van der Waals surface area contributed by atoms with Crippen LogP contribution in [0.5, 0.6) is 5.75 Å². The molecule has 144 valence electrons. The second kappa shape index (κ2) is 6.84. The molecule has 0 bridgehead atoms. The topological polar surface area (TPSA) is 71.8 Å². The number of nitrogens with one attached hydrogen (secondary N) is 1. The summed E-state index contributed by atoms with van der Waals surface area (Å²) in [6, 6.07) is 3.32. The van der Waals surface area contributed by atoms with Crippen LogP contribution in [0, 0.1) is 25.7 Å². The first kappa shape index (κ1) is 18.3. The molecule has 1 aromatic heterocycles. The molecule has 0 aliphatic carbocycles. The first-order valence-corrected chi connectivity index (χ1v) is 9.62. The molecular formula is C20H23ClN2O4. The monoisotopic (exact) mass is 390 g/mol. The molecule has 0 spiro atoms. The van der Waals surface area contributed by atoms with Crippen LogP contribution in [-0.2, 0) is 4.79 Å². The second-order valence-electron chi connectivity index (χ2n) is 7.60. The lowest BCUT2D eigenvalue weighted by Crippen LogP contribution is -2.40. The summed E-state index contributed by atoms with van der Waals surface area (Å²) < 4.78 is 11.2. The SMILES string of the molecule is Cc1c(C)c2cc(Cl)c(OC(C)C(=O)N3C[C@H]4CNC[C@H]4C3)cc2oc1=O. The summed E-state index contributed by atoms with van der Waals surface area (Å²) in [5, 5.41) is 4.52. The number of aryl methyl sites for hydroxylation is 1. The van der Waals surface area contributed by atoms with Crippen LogP contribution in [0.2, 0.25) is 5.02 Å². The van der Waals surface area contributed by atoms with Gasteiger partial charge in [-0.05, 0) is 44.2 Å². The lowest BCUT2D eigenvalue weighted by molar-refractivity contribution is -0.137. The molecule has 0 saturated carbocycles. The lowest BCUT2D eigenvalue weighted by atomic mass is 10.0. The van der Waals surface area contributed by atoms with Crippen molar-refractivity contribution in [3.63, 3.8) is 0 Å². The Labute approximate surface area is 162 Å². The van der Waals surface area contributed by atoms with Gasteiger partial charge in [-0.15, -0.1) is 0 Å². The number of carbonyl (C=O) groups is 1. The van der Waals surface area contributed by atoms with E-state index in [0.717, 1.165) is 37.1 Å². The van der Waals surface area contributed by atoms with Crippen LogP contribution < -0.4 is 15.7 Å². The van der Waals surface area contributed by atoms with Crippen molar-refractivity contribution in [3.8, 4) is 5.75 Å². The molecule has 6 nitrogen and oxygen atoms in total. The predicted molar refractivity (Wildman–Crippen MR) is 103 cm³/mol. The van der Waals surface area contributed by atoms with Crippen molar-refractivity contribution >= 4 is 28.5 Å². The average Bonchev–Trinajstić information content (AvgIpc) is 3.23. The molecule has 1 unspecified atom stereocenters. The average molecular weight is 391 g/mol. The summed E-state index contributed by atoms with van der Waals surface area (Å²) in [5.74, 6) is 1.37. The van der Waals surface area contributed by atoms with Gasteiger partial charge in [0.15, 0.2) is 6.10 Å². The maximum Gasteiger partial charge on any atom is 0.339 e. The highest BCUT2D eigenvalue weighted by Gasteiger charge is 2.39. The van der Waals surface area contributed by atoms with Crippen LogP contribution in [0.4, 0.5) is 0 Å². The number of halogens is 1. The number of ether oxygens (including phenoxy) is 1. The molecule has 2 aliphatic rings. The van der Waals surface area contributed by atoms with Crippen molar-refractivity contribution < 1.29 is 13.9 Å². The number of hydrogen-bond donors (Lipinski definition) is 1. The minimum Gasteiger partial charge on any atom is -0.479 e. The fourth-order valence-electron chi connectivity index (χ4n) is 4.07. The maximum absolute atomic E-state index is 12.8. The van der Waals surface area contributed by atoms with Crippen molar-refractivity contribution in [2.75, 3.05) is 26.2 Å². The van der Waals surface area contributed by atoms with Crippen LogP contribution >= 0.6 is 11.6 Å². The van der Waals surface area contributed by atoms with Crippen LogP contribution in [0.15, 0.2) is 21.3 Å². The Morgan fingerprint density at radius 3 is 2.59 bits per heavy atom. The third kappa shape index (κ3) is 3.21. The number of nitrogens with zero attached hydrogens (tertiary/aromatic N) is 1. The van der Waals surface area contributed by atoms with Gasteiger partial charge in [0.1, 0.15) is 11.3 Å². The fraction of sp³-hybridized carbons (Fsp3) is 0.500. The van der Waals surface area contributed by atoms with E-state index in [4.69, 9.17) is 20.8 Å². The summed E-state index contributed by atoms with van der Waals surface area (Å²) in [7, 11) is 0. The Morgan fingerprint density at radius 2 is 1.93 bits per heavy atom. The third-order valence-corrected chi connectivity index (χ3v) is 6.16. The molecule has 0 radical (unpaired) electrons. The Kier molecular flexibility index (Phi) is 4.64. The van der Waals surface area contributed by atoms with Gasteiger partial charge in [0, 0.05) is 43.2 Å². The molecular weight excluding hydrogens is 368 g/mol. The van der Waals surface area contributed by atoms with Gasteiger partial charge in [-0.3, -0.25) is 4.79 Å². The Balaban J connectivity index is 1.55. The van der Waals surface area contributed by atoms with Crippen molar-refractivity contribution in [1.82, 2.24) is 10.2 Å². The zero-order valence-corrected chi connectivity index (χ0v) is 16.4. The van der Waals surface area contributed by atoms with Gasteiger partial charge in [-0.2, -0.15) is 0 Å². The number of carbonyl (C=O) groups excluding carboxylic acids is 1. The van der Waals surface area contributed by atoms with Crippen molar-refractivity contribution in [2.24, 2.45) is 11.8 Å². The van der Waals surface area contributed by atoms with Crippen molar-refractivity contribution in [1.29, 1.82) is 0 Å². The standard InChI is InChI=1S/C20H23ClN2O4/c1-10-11(2)20(25)27-17-5-18(16(21)4-15(10)17)26-12(3)19(24)23-8-13-6-22-7-14(13)9-23/h4-5,12-14,22H,6-9H2,1-3H3/t12?,13-,14+. The van der Waals surface area contributed by atoms with E-state index >= 15 is 0 Å². The predicted octanol–water partition coefficient (Wildman–Crippen LogP) is 2.51. The van der Waals surface area contributed by atoms with E-state index in [1.807, 2.05) is 11.8 Å². The van der Waals surface area contributed by atoms with Gasteiger partial charge in [0.25, 0.3) is 5.91 Å². The largest absolute Gasteiger partial charge is 0.479 e. The first-order valence-electron chi connectivity index (χ1n) is 9.25. The van der Waals surface area contributed by atoms with E-state index in [-0.39, 0.29) is 11.5 Å². The maximum atomic E-state index is 12.8. The smallest absolute Gasteiger partial charge is 0.339 e. The molecule has 1 amide bonds. The van der Waals surface area contributed by atoms with Gasteiger partial charge in [0.05, 0.1) is 5.02 Å². The van der Waals surface area contributed by atoms with Gasteiger partial charge in [0.2, 0.25) is 0 Å². The normalized spacial score (nSPS) is 22.9. The van der Waals surface area contributed by atoms with E-state index in [9.17, 15) is 9.59 Å². The molecule has 2 aliphatic heterocycles. The van der Waals surface area contributed by atoms with E-state index in [0.29, 0.717) is 33.8 Å². The summed E-state index contributed by atoms with van der Waals surface area (Å²) >= 11 is 6.38. The molecule has 1 N–H and O–H groups in total. The fourth-order valence-corrected chi connectivity index (χ4v) is 4.28. The van der Waals surface area contributed by atoms with Crippen LogP contribution in [0.1, 0.15) is 18.1 Å². The summed E-state index contributed by atoms with van der Waals surface area (Å²) in [5.41, 5.74) is 1.42. The Bertz CT molecular complexity index is 959. The van der Waals surface area contributed by atoms with Gasteiger partial charge < -0.3 is 19.4 Å². The van der Waals surface area contributed by atoms with E-state index in [1.165, 1.54) is 0 Å². The second-order valence-corrected chi connectivity index (χ2v) is 8.01. The third-order valence-electron chi connectivity index (χ3n) is 5.86. The highest BCUT2D eigenvalue weighted by atomic mass is 35.5. The number of hydrogen-bond acceptors (Lipinski definition) is 5. The molecule has 2 aromatic rings. The number of rotatable bonds is 3. The highest BCUT2D eigenvalue weighted by Crippen LogP contribution is 2.33. The van der Waals surface area contributed by atoms with Crippen LogP contribution in [0.3, 0.4) is 0 Å². The minimum absolute atomic E-state index is 0.0397.